The summed E-state index contributed by atoms with van der Waals surface area (Å²) in [4.78, 5) is 27.8. The van der Waals surface area contributed by atoms with Gasteiger partial charge < -0.3 is 14.6 Å². The normalized spacial score (nSPS) is 16.3. The van der Waals surface area contributed by atoms with E-state index in [2.05, 4.69) is 4.98 Å². The van der Waals surface area contributed by atoms with Crippen molar-refractivity contribution in [2.45, 2.75) is 45.3 Å². The highest BCUT2D eigenvalue weighted by molar-refractivity contribution is 6.35. The molecule has 0 spiro atoms. The Kier molecular flexibility index (Phi) is 7.07. The quantitative estimate of drug-likeness (QED) is 0.793. The molecule has 1 N–H and O–H groups in total. The number of aliphatic carboxylic acids is 1. The number of carbonyl (C=O) groups is 2. The van der Waals surface area contributed by atoms with Gasteiger partial charge >= 0.3 is 12.1 Å². The van der Waals surface area contributed by atoms with Crippen molar-refractivity contribution < 1.29 is 24.2 Å². The minimum absolute atomic E-state index is 0.464. The highest BCUT2D eigenvalue weighted by Crippen LogP contribution is 2.28. The van der Waals surface area contributed by atoms with Crippen LogP contribution in [0.2, 0.25) is 5.02 Å². The van der Waals surface area contributed by atoms with Gasteiger partial charge in [0.1, 0.15) is 11.6 Å². The van der Waals surface area contributed by atoms with Gasteiger partial charge in [0, 0.05) is 28.5 Å². The maximum atomic E-state index is 11.6. The Morgan fingerprint density at radius 3 is 2.57 bits per heavy atom. The summed E-state index contributed by atoms with van der Waals surface area (Å²) in [7, 11) is 1.60. The average Bonchev–Trinajstić information content (AvgIpc) is 3.11. The number of carboxylic acids is 1. The van der Waals surface area contributed by atoms with Gasteiger partial charge in [-0.15, -0.1) is 0 Å². The second kappa shape index (κ2) is 9.10. The molecular formula is C20H25ClN2O5. The van der Waals surface area contributed by atoms with Crippen molar-refractivity contribution in [2.24, 2.45) is 0 Å². The SMILES string of the molecule is CC(C)(C)OC(=O)N1CCC[C@H]1C(=O)O.COc1nccc2c(Cl)cccc12. The Balaban J connectivity index is 0.000000202. The number of halogens is 1. The molecule has 3 rings (SSSR count). The Morgan fingerprint density at radius 2 is 1.96 bits per heavy atom. The zero-order valence-corrected chi connectivity index (χ0v) is 17.2. The van der Waals surface area contributed by atoms with E-state index in [0.717, 1.165) is 22.2 Å². The van der Waals surface area contributed by atoms with Gasteiger partial charge in [-0.1, -0.05) is 17.7 Å². The number of pyridine rings is 1. The fourth-order valence-corrected chi connectivity index (χ4v) is 3.10. The number of benzene rings is 1. The zero-order chi connectivity index (χ0) is 20.9. The van der Waals surface area contributed by atoms with Gasteiger partial charge in [0.05, 0.1) is 7.11 Å². The largest absolute Gasteiger partial charge is 0.481 e. The number of rotatable bonds is 2. The third kappa shape index (κ3) is 5.48. The summed E-state index contributed by atoms with van der Waals surface area (Å²) >= 11 is 6.00. The van der Waals surface area contributed by atoms with Crippen LogP contribution in [0.15, 0.2) is 30.5 Å². The summed E-state index contributed by atoms with van der Waals surface area (Å²) in [5, 5.41) is 11.5. The van der Waals surface area contributed by atoms with Crippen LogP contribution >= 0.6 is 11.6 Å². The summed E-state index contributed by atoms with van der Waals surface area (Å²) < 4.78 is 10.2. The number of likely N-dealkylation sites (tertiary alicyclic amines) is 1. The minimum atomic E-state index is -0.960. The van der Waals surface area contributed by atoms with E-state index in [-0.39, 0.29) is 0 Å². The molecule has 1 atom stereocenters. The molecule has 1 aliphatic heterocycles. The van der Waals surface area contributed by atoms with Crippen molar-refractivity contribution in [1.82, 2.24) is 9.88 Å². The van der Waals surface area contributed by atoms with Gasteiger partial charge in [-0.25, -0.2) is 14.6 Å². The highest BCUT2D eigenvalue weighted by Gasteiger charge is 2.36. The summed E-state index contributed by atoms with van der Waals surface area (Å²) in [6.07, 6.45) is 2.38. The monoisotopic (exact) mass is 408 g/mol. The van der Waals surface area contributed by atoms with E-state index < -0.39 is 23.7 Å². The number of carbonyl (C=O) groups excluding carboxylic acids is 1. The highest BCUT2D eigenvalue weighted by atomic mass is 35.5. The summed E-state index contributed by atoms with van der Waals surface area (Å²) in [6, 6.07) is 6.82. The van der Waals surface area contributed by atoms with Gasteiger partial charge in [-0.05, 0) is 51.8 Å². The van der Waals surface area contributed by atoms with Gasteiger partial charge in [0.15, 0.2) is 0 Å². The molecular weight excluding hydrogens is 384 g/mol. The molecule has 7 nitrogen and oxygen atoms in total. The second-order valence-corrected chi connectivity index (χ2v) is 7.73. The number of methoxy groups -OCH3 is 1. The minimum Gasteiger partial charge on any atom is -0.481 e. The van der Waals surface area contributed by atoms with Crippen molar-refractivity contribution >= 4 is 34.4 Å². The maximum absolute atomic E-state index is 11.6. The third-order valence-electron chi connectivity index (χ3n) is 4.08. The lowest BCUT2D eigenvalue weighted by Gasteiger charge is -2.26. The molecule has 0 bridgehead atoms. The van der Waals surface area contributed by atoms with Crippen LogP contribution in [-0.2, 0) is 9.53 Å². The van der Waals surface area contributed by atoms with Crippen molar-refractivity contribution in [1.29, 1.82) is 0 Å². The molecule has 0 radical (unpaired) electrons. The number of amides is 1. The first-order valence-electron chi connectivity index (χ1n) is 8.93. The van der Waals surface area contributed by atoms with Gasteiger partial charge in [-0.2, -0.15) is 0 Å². The Hall–Kier alpha value is -2.54. The summed E-state index contributed by atoms with van der Waals surface area (Å²) in [5.41, 5.74) is -0.581. The molecule has 0 saturated carbocycles. The van der Waals surface area contributed by atoms with Crippen molar-refractivity contribution in [3.63, 3.8) is 0 Å². The molecule has 28 heavy (non-hydrogen) atoms. The zero-order valence-electron chi connectivity index (χ0n) is 16.4. The first-order valence-corrected chi connectivity index (χ1v) is 9.31. The van der Waals surface area contributed by atoms with Gasteiger partial charge in [-0.3, -0.25) is 4.90 Å². The van der Waals surface area contributed by atoms with E-state index in [0.29, 0.717) is 18.8 Å². The average molecular weight is 409 g/mol. The molecule has 0 unspecified atom stereocenters. The molecule has 152 valence electrons. The second-order valence-electron chi connectivity index (χ2n) is 7.33. The van der Waals surface area contributed by atoms with E-state index in [4.69, 9.17) is 26.2 Å². The molecule has 1 fully saturated rings. The van der Waals surface area contributed by atoms with Crippen LogP contribution < -0.4 is 4.74 Å². The van der Waals surface area contributed by atoms with E-state index in [1.165, 1.54) is 4.90 Å². The van der Waals surface area contributed by atoms with E-state index in [1.807, 2.05) is 24.3 Å². The molecule has 1 aromatic heterocycles. The van der Waals surface area contributed by atoms with Crippen LogP contribution in [0.1, 0.15) is 33.6 Å². The molecule has 1 saturated heterocycles. The molecule has 1 aliphatic rings. The molecule has 0 aliphatic carbocycles. The predicted molar refractivity (Wildman–Crippen MR) is 107 cm³/mol. The van der Waals surface area contributed by atoms with Gasteiger partial charge in [0.25, 0.3) is 0 Å². The van der Waals surface area contributed by atoms with Crippen LogP contribution in [0.4, 0.5) is 4.79 Å². The van der Waals surface area contributed by atoms with Crippen molar-refractivity contribution in [3.05, 3.63) is 35.5 Å². The number of hydrogen-bond donors (Lipinski definition) is 1. The molecule has 8 heteroatoms. The first-order chi connectivity index (χ1) is 13.1. The Bertz CT molecular complexity index is 850. The number of hydrogen-bond acceptors (Lipinski definition) is 5. The van der Waals surface area contributed by atoms with Crippen LogP contribution in [0.5, 0.6) is 5.88 Å². The predicted octanol–water partition coefficient (Wildman–Crippen LogP) is 4.37. The molecule has 1 aromatic carbocycles. The topological polar surface area (TPSA) is 89.0 Å². The van der Waals surface area contributed by atoms with Crippen molar-refractivity contribution in [3.8, 4) is 5.88 Å². The Labute approximate surface area is 169 Å². The van der Waals surface area contributed by atoms with Crippen LogP contribution in [0.25, 0.3) is 10.8 Å². The smallest absolute Gasteiger partial charge is 0.411 e. The standard InChI is InChI=1S/C10H8ClNO.C10H17NO4/c1-13-10-8-3-2-4-9(11)7(8)5-6-12-10;1-10(2,3)15-9(14)11-6-4-5-7(11)8(12)13/h2-6H,1H3;7H,4-6H2,1-3H3,(H,12,13)/t;7-/m.0/s1. The first kappa shape index (κ1) is 21.8. The number of ether oxygens (including phenoxy) is 2. The number of nitrogens with zero attached hydrogens (tertiary/aromatic N) is 2. The third-order valence-corrected chi connectivity index (χ3v) is 4.41. The maximum Gasteiger partial charge on any atom is 0.411 e. The summed E-state index contributed by atoms with van der Waals surface area (Å²) in [6.45, 7) is 5.75. The van der Waals surface area contributed by atoms with Gasteiger partial charge in [0.2, 0.25) is 5.88 Å². The molecule has 1 amide bonds. The van der Waals surface area contributed by atoms with Crippen molar-refractivity contribution in [2.75, 3.05) is 13.7 Å². The lowest BCUT2D eigenvalue weighted by Crippen LogP contribution is -2.43. The van der Waals surface area contributed by atoms with Crippen LogP contribution in [0.3, 0.4) is 0 Å². The van der Waals surface area contributed by atoms with Crippen LogP contribution in [-0.4, -0.2) is 52.4 Å². The Morgan fingerprint density at radius 1 is 1.25 bits per heavy atom. The number of carboxylic acid groups (broad SMARTS) is 1. The number of aromatic nitrogens is 1. The van der Waals surface area contributed by atoms with Crippen LogP contribution in [0, 0.1) is 0 Å². The fourth-order valence-electron chi connectivity index (χ4n) is 2.87. The molecule has 2 heterocycles. The van der Waals surface area contributed by atoms with E-state index in [1.54, 1.807) is 34.1 Å². The summed E-state index contributed by atoms with van der Waals surface area (Å²) in [5.74, 6) is -0.349. The number of fused-ring (bicyclic) bond motifs is 1. The lowest BCUT2D eigenvalue weighted by atomic mass is 10.2. The van der Waals surface area contributed by atoms with E-state index >= 15 is 0 Å². The lowest BCUT2D eigenvalue weighted by molar-refractivity contribution is -0.142. The molecule has 2 aromatic rings. The fraction of sp³-hybridized carbons (Fsp3) is 0.450. The van der Waals surface area contributed by atoms with E-state index in [9.17, 15) is 9.59 Å².